The van der Waals surface area contributed by atoms with Crippen molar-refractivity contribution < 1.29 is 18.9 Å². The molecule has 0 unspecified atom stereocenters. The van der Waals surface area contributed by atoms with Gasteiger partial charge in [-0.3, -0.25) is 0 Å². The van der Waals surface area contributed by atoms with Crippen LogP contribution in [0.25, 0.3) is 0 Å². The van der Waals surface area contributed by atoms with Crippen molar-refractivity contribution in [2.75, 3.05) is 73.0 Å². The molecule has 0 rings (SSSR count). The molecule has 0 radical (unpaired) electrons. The number of hydrogen-bond donors (Lipinski definition) is 0. The lowest BCUT2D eigenvalue weighted by atomic mass is 10.3. The summed E-state index contributed by atoms with van der Waals surface area (Å²) in [6.07, 6.45) is 3.35. The number of unbranched alkanes of at least 4 members (excludes halogenated alkanes) is 1. The summed E-state index contributed by atoms with van der Waals surface area (Å²) in [5.74, 6) is 5.87. The minimum atomic E-state index is 0.485. The molecule has 0 aliphatic rings. The van der Waals surface area contributed by atoms with Crippen molar-refractivity contribution in [3.63, 3.8) is 0 Å². The number of likely N-dealkylation sites (N-methyl/N-ethyl adjacent to an activating group) is 1. The van der Waals surface area contributed by atoms with Crippen LogP contribution in [-0.2, 0) is 18.9 Å². The topological polar surface area (TPSA) is 40.2 Å². The van der Waals surface area contributed by atoms with Gasteiger partial charge in [-0.2, -0.15) is 0 Å². The van der Waals surface area contributed by atoms with E-state index in [0.29, 0.717) is 46.2 Å². The zero-order valence-corrected chi connectivity index (χ0v) is 15.3. The van der Waals surface area contributed by atoms with Crippen LogP contribution in [0.15, 0.2) is 0 Å². The van der Waals surface area contributed by atoms with Gasteiger partial charge in [0.25, 0.3) is 0 Å². The Morgan fingerprint density at radius 3 is 1.83 bits per heavy atom. The Balaban J connectivity index is 3.08. The van der Waals surface area contributed by atoms with Gasteiger partial charge in [-0.05, 0) is 20.0 Å². The molecule has 0 N–H and O–H groups in total. The predicted octanol–water partition coefficient (Wildman–Crippen LogP) is 2.20. The average molecular weight is 329 g/mol. The molecule has 0 aliphatic carbocycles. The van der Waals surface area contributed by atoms with E-state index in [1.807, 2.05) is 6.92 Å². The van der Waals surface area contributed by atoms with Gasteiger partial charge in [0.2, 0.25) is 0 Å². The summed E-state index contributed by atoms with van der Waals surface area (Å²) in [7, 11) is 2.13. The predicted molar refractivity (Wildman–Crippen MR) is 93.7 cm³/mol. The second-order valence-corrected chi connectivity index (χ2v) is 5.25. The quantitative estimate of drug-likeness (QED) is 0.321. The smallest absolute Gasteiger partial charge is 0.107 e. The highest BCUT2D eigenvalue weighted by molar-refractivity contribution is 4.97. The van der Waals surface area contributed by atoms with Crippen molar-refractivity contribution in [3.05, 3.63) is 0 Å². The van der Waals surface area contributed by atoms with Gasteiger partial charge in [-0.25, -0.2) is 0 Å². The van der Waals surface area contributed by atoms with Crippen LogP contribution in [0.1, 0.15) is 33.1 Å². The molecule has 0 fully saturated rings. The van der Waals surface area contributed by atoms with E-state index in [9.17, 15) is 0 Å². The van der Waals surface area contributed by atoms with Crippen LogP contribution < -0.4 is 0 Å². The van der Waals surface area contributed by atoms with E-state index in [0.717, 1.165) is 26.1 Å². The molecule has 0 atom stereocenters. The van der Waals surface area contributed by atoms with Gasteiger partial charge < -0.3 is 23.8 Å². The molecule has 5 nitrogen and oxygen atoms in total. The second kappa shape index (κ2) is 19.4. The Bertz CT molecular complexity index is 288. The highest BCUT2D eigenvalue weighted by Gasteiger charge is 1.97. The maximum Gasteiger partial charge on any atom is 0.107 e. The molecule has 0 amide bonds. The van der Waals surface area contributed by atoms with Crippen molar-refractivity contribution in [3.8, 4) is 11.8 Å². The molecule has 0 aromatic rings. The molecule has 0 aromatic carbocycles. The van der Waals surface area contributed by atoms with Crippen LogP contribution in [0, 0.1) is 11.8 Å². The van der Waals surface area contributed by atoms with E-state index in [1.54, 1.807) is 0 Å². The first-order valence-corrected chi connectivity index (χ1v) is 8.76. The van der Waals surface area contributed by atoms with Crippen molar-refractivity contribution in [2.24, 2.45) is 0 Å². The van der Waals surface area contributed by atoms with Gasteiger partial charge in [-0.15, -0.1) is 5.92 Å². The zero-order valence-electron chi connectivity index (χ0n) is 15.3. The molecule has 136 valence electrons. The van der Waals surface area contributed by atoms with E-state index in [2.05, 4.69) is 30.7 Å². The average Bonchev–Trinajstić information content (AvgIpc) is 2.56. The molecule has 0 aliphatic heterocycles. The normalized spacial score (nSPS) is 10.8. The molecular weight excluding hydrogens is 294 g/mol. The Kier molecular flexibility index (Phi) is 18.9. The standard InChI is InChI=1S/C18H35NO4/c1-4-6-8-11-20-13-15-22-17-18-23-16-14-21-12-10-19(3)9-7-5-2/h4-5,7,9-18H2,1-3H3. The first-order chi connectivity index (χ1) is 11.3. The number of ether oxygens (including phenoxy) is 4. The first kappa shape index (κ1) is 22.4. The minimum Gasteiger partial charge on any atom is -0.378 e. The lowest BCUT2D eigenvalue weighted by Crippen LogP contribution is -2.24. The molecular formula is C18H35NO4. The maximum atomic E-state index is 5.54. The van der Waals surface area contributed by atoms with E-state index in [4.69, 9.17) is 18.9 Å². The first-order valence-electron chi connectivity index (χ1n) is 8.76. The summed E-state index contributed by atoms with van der Waals surface area (Å²) in [4.78, 5) is 2.30. The minimum absolute atomic E-state index is 0.485. The van der Waals surface area contributed by atoms with Crippen molar-refractivity contribution in [1.82, 2.24) is 4.90 Å². The summed E-state index contributed by atoms with van der Waals surface area (Å²) in [5, 5.41) is 0. The van der Waals surface area contributed by atoms with Crippen LogP contribution >= 0.6 is 0 Å². The largest absolute Gasteiger partial charge is 0.378 e. The van der Waals surface area contributed by atoms with E-state index >= 15 is 0 Å². The zero-order chi connectivity index (χ0) is 17.0. The number of hydrogen-bond acceptors (Lipinski definition) is 5. The van der Waals surface area contributed by atoms with Crippen molar-refractivity contribution in [1.29, 1.82) is 0 Å². The monoisotopic (exact) mass is 329 g/mol. The summed E-state index contributed by atoms with van der Waals surface area (Å²) >= 11 is 0. The van der Waals surface area contributed by atoms with E-state index < -0.39 is 0 Å². The third-order valence-electron chi connectivity index (χ3n) is 3.10. The summed E-state index contributed by atoms with van der Waals surface area (Å²) in [6.45, 7) is 11.2. The molecule has 5 heteroatoms. The van der Waals surface area contributed by atoms with Crippen LogP contribution in [0.3, 0.4) is 0 Å². The van der Waals surface area contributed by atoms with Gasteiger partial charge in [0.15, 0.2) is 0 Å². The fraction of sp³-hybridized carbons (Fsp3) is 0.889. The summed E-state index contributed by atoms with van der Waals surface area (Å²) in [6, 6.07) is 0. The number of rotatable bonds is 16. The van der Waals surface area contributed by atoms with E-state index in [-0.39, 0.29) is 0 Å². The molecule has 0 bridgehead atoms. The van der Waals surface area contributed by atoms with Crippen LogP contribution in [0.2, 0.25) is 0 Å². The van der Waals surface area contributed by atoms with Crippen LogP contribution in [0.5, 0.6) is 0 Å². The van der Waals surface area contributed by atoms with Crippen LogP contribution in [0.4, 0.5) is 0 Å². The Morgan fingerprint density at radius 2 is 1.26 bits per heavy atom. The molecule has 0 spiro atoms. The van der Waals surface area contributed by atoms with Gasteiger partial charge in [0.1, 0.15) is 6.61 Å². The van der Waals surface area contributed by atoms with Gasteiger partial charge in [-0.1, -0.05) is 26.2 Å². The fourth-order valence-electron chi connectivity index (χ4n) is 1.72. The molecule has 0 saturated carbocycles. The van der Waals surface area contributed by atoms with Crippen LogP contribution in [-0.4, -0.2) is 77.9 Å². The van der Waals surface area contributed by atoms with Gasteiger partial charge in [0, 0.05) is 13.0 Å². The van der Waals surface area contributed by atoms with Gasteiger partial charge >= 0.3 is 0 Å². The van der Waals surface area contributed by atoms with E-state index in [1.165, 1.54) is 12.8 Å². The summed E-state index contributed by atoms with van der Waals surface area (Å²) in [5.41, 5.74) is 0. The third kappa shape index (κ3) is 19.3. The molecule has 0 saturated heterocycles. The molecule has 0 aromatic heterocycles. The maximum absolute atomic E-state index is 5.54. The Morgan fingerprint density at radius 1 is 0.696 bits per heavy atom. The molecule has 0 heterocycles. The third-order valence-corrected chi connectivity index (χ3v) is 3.10. The SMILES string of the molecule is CCC#CCOCCOCCOCCOCCN(C)CCCC. The van der Waals surface area contributed by atoms with Crippen molar-refractivity contribution >= 4 is 0 Å². The summed E-state index contributed by atoms with van der Waals surface area (Å²) < 4.78 is 21.7. The lowest BCUT2D eigenvalue weighted by molar-refractivity contribution is -0.000485. The fourth-order valence-corrected chi connectivity index (χ4v) is 1.72. The van der Waals surface area contributed by atoms with Gasteiger partial charge in [0.05, 0.1) is 46.2 Å². The second-order valence-electron chi connectivity index (χ2n) is 5.25. The highest BCUT2D eigenvalue weighted by atomic mass is 16.6. The van der Waals surface area contributed by atoms with Crippen molar-refractivity contribution in [2.45, 2.75) is 33.1 Å². The lowest BCUT2D eigenvalue weighted by Gasteiger charge is -2.15. The molecule has 23 heavy (non-hydrogen) atoms. The highest BCUT2D eigenvalue weighted by Crippen LogP contribution is 1.91. The Labute approximate surface area is 142 Å². The Hall–Kier alpha value is -0.640. The number of nitrogens with zero attached hydrogens (tertiary/aromatic N) is 1.